The van der Waals surface area contributed by atoms with Crippen LogP contribution in [0.15, 0.2) is 30.3 Å². The zero-order valence-electron chi connectivity index (χ0n) is 14.2. The van der Waals surface area contributed by atoms with Crippen molar-refractivity contribution in [1.82, 2.24) is 10.3 Å². The molecule has 0 saturated heterocycles. The Balaban J connectivity index is 2.12. The van der Waals surface area contributed by atoms with Gasteiger partial charge in [0, 0.05) is 16.5 Å². The predicted octanol–water partition coefficient (Wildman–Crippen LogP) is 2.21. The zero-order chi connectivity index (χ0) is 17.0. The van der Waals surface area contributed by atoms with Gasteiger partial charge in [0.1, 0.15) is 11.7 Å². The molecule has 0 radical (unpaired) electrons. The molecule has 0 aliphatic carbocycles. The summed E-state index contributed by atoms with van der Waals surface area (Å²) in [5, 5.41) is 4.60. The van der Waals surface area contributed by atoms with E-state index in [1.807, 2.05) is 45.0 Å². The number of hydrogen-bond donors (Lipinski definition) is 2. The fourth-order valence-electron chi connectivity index (χ4n) is 2.53. The quantitative estimate of drug-likeness (QED) is 0.824. The summed E-state index contributed by atoms with van der Waals surface area (Å²) >= 11 is 6.32. The van der Waals surface area contributed by atoms with Crippen LogP contribution in [0.3, 0.4) is 0 Å². The highest BCUT2D eigenvalue weighted by Gasteiger charge is 2.19. The van der Waals surface area contributed by atoms with Crippen molar-refractivity contribution in [3.05, 3.63) is 41.0 Å². The Hall–Kier alpha value is -1.65. The number of hydrogen-bond acceptors (Lipinski definition) is 2. The summed E-state index contributed by atoms with van der Waals surface area (Å²) in [4.78, 5) is 17.7. The third-order valence-corrected chi connectivity index (χ3v) is 3.94. The van der Waals surface area contributed by atoms with Gasteiger partial charge >= 0.3 is 0 Å². The van der Waals surface area contributed by atoms with Crippen LogP contribution in [0, 0.1) is 0 Å². The van der Waals surface area contributed by atoms with Crippen molar-refractivity contribution in [1.29, 1.82) is 0 Å². The molecule has 0 aliphatic rings. The van der Waals surface area contributed by atoms with Crippen LogP contribution in [-0.2, 0) is 11.3 Å². The Kier molecular flexibility index (Phi) is 5.60. The summed E-state index contributed by atoms with van der Waals surface area (Å²) in [6.07, 6.45) is 0. The van der Waals surface area contributed by atoms with Crippen LogP contribution in [-0.4, -0.2) is 29.5 Å². The zero-order valence-corrected chi connectivity index (χ0v) is 15.0. The van der Waals surface area contributed by atoms with Crippen molar-refractivity contribution in [2.45, 2.75) is 39.8 Å². The lowest BCUT2D eigenvalue weighted by Crippen LogP contribution is -3.11. The van der Waals surface area contributed by atoms with Crippen molar-refractivity contribution in [2.75, 3.05) is 13.1 Å². The van der Waals surface area contributed by atoms with Gasteiger partial charge in [0.2, 0.25) is 0 Å². The van der Waals surface area contributed by atoms with Crippen LogP contribution in [0.5, 0.6) is 0 Å². The maximum Gasteiger partial charge on any atom is 0.275 e. The molecule has 0 bridgehead atoms. The average Bonchev–Trinajstić information content (AvgIpc) is 2.45. The van der Waals surface area contributed by atoms with Crippen LogP contribution in [0.1, 0.15) is 33.3 Å². The lowest BCUT2D eigenvalue weighted by atomic mass is 10.1. The maximum absolute atomic E-state index is 12.1. The monoisotopic (exact) mass is 334 g/mol. The topological polar surface area (TPSA) is 46.4 Å². The van der Waals surface area contributed by atoms with Crippen molar-refractivity contribution in [3.8, 4) is 0 Å². The molecule has 0 fully saturated rings. The highest BCUT2D eigenvalue weighted by atomic mass is 35.5. The summed E-state index contributed by atoms with van der Waals surface area (Å²) in [7, 11) is 0. The summed E-state index contributed by atoms with van der Waals surface area (Å²) in [5.41, 5.74) is 1.66. The standard InChI is InChI=1S/C18H24ClN3O/c1-5-22(12-16(23)21-18(2,3)4)11-14-10-13-8-6-7-9-15(13)20-17(14)19/h6-10H,5,11-12H2,1-4H3,(H,21,23)/p+1. The van der Waals surface area contributed by atoms with Gasteiger partial charge < -0.3 is 10.2 Å². The number of pyridine rings is 1. The molecule has 0 aliphatic heterocycles. The molecule has 23 heavy (non-hydrogen) atoms. The first kappa shape index (κ1) is 17.7. The van der Waals surface area contributed by atoms with Gasteiger partial charge in [-0.25, -0.2) is 4.98 Å². The normalized spacial score (nSPS) is 13.1. The number of benzene rings is 1. The number of likely N-dealkylation sites (N-methyl/N-ethyl adjacent to an activating group) is 1. The van der Waals surface area contributed by atoms with E-state index in [9.17, 15) is 4.79 Å². The number of nitrogens with zero attached hydrogens (tertiary/aromatic N) is 1. The SMILES string of the molecule is CC[NH+](CC(=O)NC(C)(C)C)Cc1cc2ccccc2nc1Cl. The van der Waals surface area contributed by atoms with Gasteiger partial charge in [0.15, 0.2) is 6.54 Å². The minimum Gasteiger partial charge on any atom is -0.347 e. The fourth-order valence-corrected chi connectivity index (χ4v) is 2.74. The number of nitrogens with one attached hydrogen (secondary N) is 2. The first-order valence-corrected chi connectivity index (χ1v) is 8.35. The molecule has 1 atom stereocenters. The third kappa shape index (κ3) is 5.19. The highest BCUT2D eigenvalue weighted by molar-refractivity contribution is 6.30. The molecule has 2 N–H and O–H groups in total. The van der Waals surface area contributed by atoms with Crippen LogP contribution >= 0.6 is 11.6 Å². The van der Waals surface area contributed by atoms with Crippen molar-refractivity contribution < 1.29 is 9.69 Å². The second-order valence-corrected chi connectivity index (χ2v) is 7.24. The Labute approximate surface area is 142 Å². The second-order valence-electron chi connectivity index (χ2n) is 6.89. The van der Waals surface area contributed by atoms with Crippen LogP contribution in [0.4, 0.5) is 0 Å². The number of aromatic nitrogens is 1. The molecule has 1 amide bonds. The minimum absolute atomic E-state index is 0.0548. The van der Waals surface area contributed by atoms with Crippen LogP contribution in [0.2, 0.25) is 5.15 Å². The van der Waals surface area contributed by atoms with Crippen molar-refractivity contribution in [2.24, 2.45) is 0 Å². The molecule has 4 nitrogen and oxygen atoms in total. The number of carbonyl (C=O) groups is 1. The van der Waals surface area contributed by atoms with E-state index in [2.05, 4.69) is 23.3 Å². The number of halogens is 1. The molecule has 0 saturated carbocycles. The lowest BCUT2D eigenvalue weighted by molar-refractivity contribution is -0.904. The number of fused-ring (bicyclic) bond motifs is 1. The Morgan fingerprint density at radius 1 is 1.30 bits per heavy atom. The van der Waals surface area contributed by atoms with Crippen molar-refractivity contribution >= 4 is 28.4 Å². The van der Waals surface area contributed by atoms with Gasteiger partial charge in [-0.15, -0.1) is 0 Å². The number of rotatable bonds is 5. The molecule has 1 aromatic carbocycles. The molecule has 0 spiro atoms. The van der Waals surface area contributed by atoms with E-state index in [1.54, 1.807) is 0 Å². The van der Waals surface area contributed by atoms with E-state index in [0.29, 0.717) is 18.2 Å². The Bertz CT molecular complexity index is 694. The molecule has 1 heterocycles. The van der Waals surface area contributed by atoms with Crippen molar-refractivity contribution in [3.63, 3.8) is 0 Å². The largest absolute Gasteiger partial charge is 0.347 e. The summed E-state index contributed by atoms with van der Waals surface area (Å²) in [5.74, 6) is 0.0548. The Morgan fingerprint density at radius 3 is 2.65 bits per heavy atom. The van der Waals surface area contributed by atoms with E-state index >= 15 is 0 Å². The first-order valence-electron chi connectivity index (χ1n) is 7.97. The van der Waals surface area contributed by atoms with Gasteiger partial charge in [-0.05, 0) is 39.8 Å². The fraction of sp³-hybridized carbons (Fsp3) is 0.444. The molecule has 124 valence electrons. The summed E-state index contributed by atoms with van der Waals surface area (Å²) in [6, 6.07) is 9.99. The molecule has 2 aromatic rings. The third-order valence-electron chi connectivity index (χ3n) is 3.62. The molecule has 1 aromatic heterocycles. The number of carbonyl (C=O) groups excluding carboxylic acids is 1. The second kappa shape index (κ2) is 7.28. The maximum atomic E-state index is 12.1. The van der Waals surface area contributed by atoms with E-state index in [0.717, 1.165) is 27.9 Å². The van der Waals surface area contributed by atoms with Gasteiger partial charge in [-0.2, -0.15) is 0 Å². The van der Waals surface area contributed by atoms with E-state index in [-0.39, 0.29) is 11.4 Å². The van der Waals surface area contributed by atoms with Gasteiger partial charge in [-0.1, -0.05) is 29.8 Å². The molecule has 2 rings (SSSR count). The van der Waals surface area contributed by atoms with E-state index < -0.39 is 0 Å². The number of amides is 1. The molecular formula is C18H25ClN3O+. The minimum atomic E-state index is -0.210. The Morgan fingerprint density at radius 2 is 2.00 bits per heavy atom. The van der Waals surface area contributed by atoms with Crippen LogP contribution < -0.4 is 10.2 Å². The smallest absolute Gasteiger partial charge is 0.275 e. The lowest BCUT2D eigenvalue weighted by Gasteiger charge is -2.23. The van der Waals surface area contributed by atoms with E-state index in [4.69, 9.17) is 11.6 Å². The number of para-hydroxylation sites is 1. The van der Waals surface area contributed by atoms with Gasteiger partial charge in [-0.3, -0.25) is 4.79 Å². The summed E-state index contributed by atoms with van der Waals surface area (Å²) < 4.78 is 0. The number of quaternary nitrogens is 1. The summed E-state index contributed by atoms with van der Waals surface area (Å²) in [6.45, 7) is 9.99. The van der Waals surface area contributed by atoms with Crippen LogP contribution in [0.25, 0.3) is 10.9 Å². The predicted molar refractivity (Wildman–Crippen MR) is 94.7 cm³/mol. The van der Waals surface area contributed by atoms with Gasteiger partial charge in [0.25, 0.3) is 5.91 Å². The molecular weight excluding hydrogens is 310 g/mol. The molecule has 1 unspecified atom stereocenters. The highest BCUT2D eigenvalue weighted by Crippen LogP contribution is 2.19. The molecule has 5 heteroatoms. The van der Waals surface area contributed by atoms with Gasteiger partial charge in [0.05, 0.1) is 12.1 Å². The average molecular weight is 335 g/mol. The van der Waals surface area contributed by atoms with E-state index in [1.165, 1.54) is 0 Å². The first-order chi connectivity index (χ1) is 10.8.